The molecule has 9 aromatic rings. The van der Waals surface area contributed by atoms with Crippen molar-refractivity contribution >= 4 is 21.5 Å². The lowest BCUT2D eigenvalue weighted by Crippen LogP contribution is -2.55. The lowest BCUT2D eigenvalue weighted by Gasteiger charge is -2.61. The van der Waals surface area contributed by atoms with Gasteiger partial charge in [-0.05, 0) is 153 Å². The number of hydrogen-bond donors (Lipinski definition) is 0. The SMILES string of the molecule is Cc1c(C)c2ccc(-c3ccc(-c4nc(-c5ccccc5)nc(-c5ccc(-c6cccc7c6-c6ccccc6C76C7CC8CC(C7)CC6C8)cc5)n4)cc3)cc2c2ccccc12. The molecule has 3 nitrogen and oxygen atoms in total. The minimum atomic E-state index is 0.158. The Morgan fingerprint density at radius 2 is 0.855 bits per heavy atom. The first-order chi connectivity index (χ1) is 30.5. The molecular weight excluding hydrogens is 751 g/mol. The molecule has 8 aromatic carbocycles. The van der Waals surface area contributed by atoms with Crippen LogP contribution >= 0.6 is 0 Å². The molecule has 4 bridgehead atoms. The Morgan fingerprint density at radius 1 is 0.371 bits per heavy atom. The zero-order chi connectivity index (χ0) is 41.1. The van der Waals surface area contributed by atoms with Crippen molar-refractivity contribution in [3.05, 3.63) is 186 Å². The van der Waals surface area contributed by atoms with E-state index in [9.17, 15) is 0 Å². The predicted molar refractivity (Wildman–Crippen MR) is 255 cm³/mol. The summed E-state index contributed by atoms with van der Waals surface area (Å²) in [5, 5.41) is 5.22. The molecule has 3 heteroatoms. The number of rotatable bonds is 5. The molecule has 0 aliphatic heterocycles. The van der Waals surface area contributed by atoms with Crippen LogP contribution in [0, 0.1) is 37.5 Å². The predicted octanol–water partition coefficient (Wildman–Crippen LogP) is 14.9. The Labute approximate surface area is 363 Å². The van der Waals surface area contributed by atoms with Crippen molar-refractivity contribution < 1.29 is 0 Å². The fourth-order valence-corrected chi connectivity index (χ4v) is 13.1. The third-order valence-corrected chi connectivity index (χ3v) is 15.8. The normalized spacial score (nSPS) is 21.8. The average molecular weight is 798 g/mol. The highest BCUT2D eigenvalue weighted by Gasteiger charge is 2.61. The van der Waals surface area contributed by atoms with Gasteiger partial charge in [0, 0.05) is 22.1 Å². The second kappa shape index (κ2) is 13.6. The molecule has 298 valence electrons. The van der Waals surface area contributed by atoms with E-state index >= 15 is 0 Å². The van der Waals surface area contributed by atoms with Gasteiger partial charge in [-0.25, -0.2) is 15.0 Å². The molecule has 0 amide bonds. The molecule has 1 heterocycles. The lowest BCUT2D eigenvalue weighted by atomic mass is 9.43. The van der Waals surface area contributed by atoms with E-state index in [1.54, 1.807) is 11.1 Å². The molecule has 0 atom stereocenters. The Kier molecular flexibility index (Phi) is 7.92. The highest BCUT2D eigenvalue weighted by atomic mass is 15.0. The zero-order valence-corrected chi connectivity index (χ0v) is 35.3. The Hall–Kier alpha value is -6.71. The molecule has 0 unspecified atom stereocenters. The summed E-state index contributed by atoms with van der Waals surface area (Å²) in [6, 6.07) is 60.2. The van der Waals surface area contributed by atoms with E-state index in [1.165, 1.54) is 92.6 Å². The molecule has 1 spiro atoms. The van der Waals surface area contributed by atoms with Crippen LogP contribution in [0.25, 0.3) is 89.1 Å². The first-order valence-electron chi connectivity index (χ1n) is 22.7. The topological polar surface area (TPSA) is 38.7 Å². The van der Waals surface area contributed by atoms with Crippen LogP contribution in [0.4, 0.5) is 0 Å². The maximum atomic E-state index is 5.16. The van der Waals surface area contributed by atoms with E-state index in [-0.39, 0.29) is 5.41 Å². The molecule has 62 heavy (non-hydrogen) atoms. The largest absolute Gasteiger partial charge is 0.208 e. The fourth-order valence-electron chi connectivity index (χ4n) is 13.1. The van der Waals surface area contributed by atoms with Crippen LogP contribution in [0.3, 0.4) is 0 Å². The highest BCUT2D eigenvalue weighted by molar-refractivity contribution is 6.11. The van der Waals surface area contributed by atoms with Crippen molar-refractivity contribution in [2.45, 2.75) is 51.4 Å². The summed E-state index contributed by atoms with van der Waals surface area (Å²) < 4.78 is 0. The summed E-state index contributed by atoms with van der Waals surface area (Å²) >= 11 is 0. The first-order valence-corrected chi connectivity index (χ1v) is 22.7. The highest BCUT2D eigenvalue weighted by Crippen LogP contribution is 2.70. The second-order valence-electron chi connectivity index (χ2n) is 18.8. The number of hydrogen-bond acceptors (Lipinski definition) is 3. The van der Waals surface area contributed by atoms with Crippen LogP contribution in [0.2, 0.25) is 0 Å². The summed E-state index contributed by atoms with van der Waals surface area (Å²) in [5.74, 6) is 5.37. The molecule has 14 rings (SSSR count). The molecule has 4 fully saturated rings. The van der Waals surface area contributed by atoms with Gasteiger partial charge in [0.2, 0.25) is 0 Å². The summed E-state index contributed by atoms with van der Waals surface area (Å²) in [7, 11) is 0. The molecule has 4 saturated carbocycles. The van der Waals surface area contributed by atoms with Gasteiger partial charge in [0.15, 0.2) is 17.5 Å². The van der Waals surface area contributed by atoms with Crippen LogP contribution < -0.4 is 0 Å². The van der Waals surface area contributed by atoms with Crippen LogP contribution in [-0.4, -0.2) is 15.0 Å². The van der Waals surface area contributed by atoms with Gasteiger partial charge in [0.1, 0.15) is 0 Å². The molecule has 1 aromatic heterocycles. The molecule has 0 radical (unpaired) electrons. The standard InChI is InChI=1S/C59H47N3/c1-35-36(2)48-28-27-44(34-52(48)50-14-7-6-13-47(35)50)39-19-23-42(24-20-39)57-60-56(41-11-4-3-5-12-41)61-58(62-57)43-25-21-40(22-26-43)49-16-10-18-54-55(49)51-15-8-9-17-53(51)59(54)45-30-37-29-38(32-45)33-46(59)31-37/h3-28,34,37-38,45-46H,29-33H2,1-2H3. The van der Waals surface area contributed by atoms with Gasteiger partial charge in [-0.1, -0.05) is 158 Å². The van der Waals surface area contributed by atoms with Crippen LogP contribution in [0.15, 0.2) is 164 Å². The zero-order valence-electron chi connectivity index (χ0n) is 35.3. The molecular formula is C59H47N3. The molecule has 5 aliphatic carbocycles. The van der Waals surface area contributed by atoms with Gasteiger partial charge in [0.25, 0.3) is 0 Å². The smallest absolute Gasteiger partial charge is 0.164 e. The lowest BCUT2D eigenvalue weighted by molar-refractivity contribution is -0.0399. The number of aromatic nitrogens is 3. The number of aryl methyl sites for hydroxylation is 2. The molecule has 0 saturated heterocycles. The van der Waals surface area contributed by atoms with Gasteiger partial charge in [-0.15, -0.1) is 0 Å². The molecule has 0 N–H and O–H groups in total. The third kappa shape index (κ3) is 5.27. The van der Waals surface area contributed by atoms with Crippen molar-refractivity contribution in [2.75, 3.05) is 0 Å². The average Bonchev–Trinajstić information content (AvgIpc) is 3.63. The first kappa shape index (κ1) is 36.0. The quantitative estimate of drug-likeness (QED) is 0.163. The van der Waals surface area contributed by atoms with Crippen molar-refractivity contribution in [2.24, 2.45) is 23.7 Å². The van der Waals surface area contributed by atoms with Crippen molar-refractivity contribution in [1.82, 2.24) is 15.0 Å². The van der Waals surface area contributed by atoms with E-state index in [0.29, 0.717) is 17.5 Å². The number of nitrogens with zero attached hydrogens (tertiary/aromatic N) is 3. The summed E-state index contributed by atoms with van der Waals surface area (Å²) in [4.78, 5) is 15.3. The summed E-state index contributed by atoms with van der Waals surface area (Å²) in [5.41, 5.74) is 16.8. The minimum Gasteiger partial charge on any atom is -0.208 e. The van der Waals surface area contributed by atoms with E-state index < -0.39 is 0 Å². The summed E-state index contributed by atoms with van der Waals surface area (Å²) in [6.07, 6.45) is 7.04. The van der Waals surface area contributed by atoms with E-state index in [1.807, 2.05) is 18.2 Å². The van der Waals surface area contributed by atoms with Crippen molar-refractivity contribution in [3.63, 3.8) is 0 Å². The van der Waals surface area contributed by atoms with Crippen LogP contribution in [0.5, 0.6) is 0 Å². The minimum absolute atomic E-state index is 0.158. The Morgan fingerprint density at radius 3 is 1.52 bits per heavy atom. The second-order valence-corrected chi connectivity index (χ2v) is 18.8. The Bertz CT molecular complexity index is 3230. The van der Waals surface area contributed by atoms with Crippen molar-refractivity contribution in [1.29, 1.82) is 0 Å². The van der Waals surface area contributed by atoms with Crippen molar-refractivity contribution in [3.8, 4) is 67.5 Å². The van der Waals surface area contributed by atoms with Gasteiger partial charge < -0.3 is 0 Å². The maximum Gasteiger partial charge on any atom is 0.164 e. The fraction of sp³-hybridized carbons (Fsp3) is 0.203. The summed E-state index contributed by atoms with van der Waals surface area (Å²) in [6.45, 7) is 4.47. The van der Waals surface area contributed by atoms with E-state index in [2.05, 4.69) is 159 Å². The van der Waals surface area contributed by atoms with E-state index in [0.717, 1.165) is 45.9 Å². The number of benzene rings is 8. The number of fused-ring (bicyclic) bond motifs is 6. The van der Waals surface area contributed by atoms with Gasteiger partial charge >= 0.3 is 0 Å². The third-order valence-electron chi connectivity index (χ3n) is 15.8. The van der Waals surface area contributed by atoms with Gasteiger partial charge in [0.05, 0.1) is 0 Å². The van der Waals surface area contributed by atoms with Crippen LogP contribution in [0.1, 0.15) is 54.4 Å². The molecule has 5 aliphatic rings. The Balaban J connectivity index is 0.872. The van der Waals surface area contributed by atoms with E-state index in [4.69, 9.17) is 15.0 Å². The van der Waals surface area contributed by atoms with Gasteiger partial charge in [-0.2, -0.15) is 0 Å². The van der Waals surface area contributed by atoms with Gasteiger partial charge in [-0.3, -0.25) is 0 Å². The maximum absolute atomic E-state index is 5.16. The van der Waals surface area contributed by atoms with Crippen LogP contribution in [-0.2, 0) is 5.41 Å². The monoisotopic (exact) mass is 797 g/mol.